The summed E-state index contributed by atoms with van der Waals surface area (Å²) in [6.07, 6.45) is 2.20. The van der Waals surface area contributed by atoms with Gasteiger partial charge in [0.2, 0.25) is 5.16 Å². The van der Waals surface area contributed by atoms with Gasteiger partial charge in [0.1, 0.15) is 0 Å². The topological polar surface area (TPSA) is 77.0 Å². The number of thioether (sulfide) groups is 1. The van der Waals surface area contributed by atoms with Crippen LogP contribution in [-0.2, 0) is 5.75 Å². The van der Waals surface area contributed by atoms with Gasteiger partial charge in [0, 0.05) is 30.0 Å². The summed E-state index contributed by atoms with van der Waals surface area (Å²) >= 11 is 1.52. The molecule has 138 valence electrons. The zero-order valence-corrected chi connectivity index (χ0v) is 15.7. The molecule has 0 unspecified atom stereocenters. The number of hydrogen-bond acceptors (Lipinski definition) is 5. The molecule has 1 aliphatic heterocycles. The van der Waals surface area contributed by atoms with Crippen LogP contribution in [0.2, 0.25) is 0 Å². The molecule has 0 spiro atoms. The van der Waals surface area contributed by atoms with Crippen molar-refractivity contribution >= 4 is 17.7 Å². The molecule has 0 atom stereocenters. The van der Waals surface area contributed by atoms with Crippen molar-refractivity contribution < 1.29 is 4.79 Å². The van der Waals surface area contributed by atoms with Crippen molar-refractivity contribution in [1.29, 1.82) is 0 Å². The molecule has 4 rings (SSSR count). The van der Waals surface area contributed by atoms with Crippen LogP contribution in [0.5, 0.6) is 0 Å². The lowest BCUT2D eigenvalue weighted by atomic mass is 10.1. The molecular weight excluding hydrogens is 358 g/mol. The first kappa shape index (κ1) is 17.6. The van der Waals surface area contributed by atoms with Crippen LogP contribution in [0, 0.1) is 0 Å². The summed E-state index contributed by atoms with van der Waals surface area (Å²) in [7, 11) is 0. The average molecular weight is 379 g/mol. The molecule has 0 aliphatic carbocycles. The fraction of sp³-hybridized carbons (Fsp3) is 0.250. The van der Waals surface area contributed by atoms with Gasteiger partial charge in [0.25, 0.3) is 5.91 Å². The molecule has 27 heavy (non-hydrogen) atoms. The maximum Gasteiger partial charge on any atom is 0.253 e. The third-order valence-electron chi connectivity index (χ3n) is 4.66. The second-order valence-corrected chi connectivity index (χ2v) is 7.47. The molecule has 0 bridgehead atoms. The molecule has 1 amide bonds. The van der Waals surface area contributed by atoms with Crippen LogP contribution < -0.4 is 5.84 Å². The summed E-state index contributed by atoms with van der Waals surface area (Å²) in [5, 5.41) is 9.05. The Morgan fingerprint density at radius 3 is 2.41 bits per heavy atom. The van der Waals surface area contributed by atoms with Crippen LogP contribution in [-0.4, -0.2) is 38.8 Å². The minimum absolute atomic E-state index is 0.126. The molecule has 0 radical (unpaired) electrons. The summed E-state index contributed by atoms with van der Waals surface area (Å²) in [5.41, 5.74) is 2.80. The lowest BCUT2D eigenvalue weighted by Crippen LogP contribution is -2.27. The number of carbonyl (C=O) groups excluding carboxylic acids is 1. The monoisotopic (exact) mass is 379 g/mol. The number of benzene rings is 2. The molecule has 0 saturated carbocycles. The summed E-state index contributed by atoms with van der Waals surface area (Å²) in [6.45, 7) is 1.73. The average Bonchev–Trinajstić information content (AvgIpc) is 3.37. The van der Waals surface area contributed by atoms with Gasteiger partial charge >= 0.3 is 0 Å². The van der Waals surface area contributed by atoms with Crippen LogP contribution in [0.1, 0.15) is 28.8 Å². The Morgan fingerprint density at radius 1 is 1.00 bits per heavy atom. The highest BCUT2D eigenvalue weighted by Crippen LogP contribution is 2.24. The number of aromatic nitrogens is 3. The van der Waals surface area contributed by atoms with Gasteiger partial charge in [0.15, 0.2) is 5.82 Å². The van der Waals surface area contributed by atoms with E-state index >= 15 is 0 Å². The number of nitrogens with two attached hydrogens (primary N) is 1. The molecule has 2 N–H and O–H groups in total. The first-order valence-electron chi connectivity index (χ1n) is 8.99. The van der Waals surface area contributed by atoms with Crippen LogP contribution >= 0.6 is 11.8 Å². The van der Waals surface area contributed by atoms with Crippen molar-refractivity contribution in [3.63, 3.8) is 0 Å². The SMILES string of the molecule is Nn1c(SCc2ccc(C(=O)N3CCCC3)cc2)nnc1-c1ccccc1. The first-order valence-corrected chi connectivity index (χ1v) is 9.98. The predicted octanol–water partition coefficient (Wildman–Crippen LogP) is 3.19. The smallest absolute Gasteiger partial charge is 0.253 e. The second kappa shape index (κ2) is 7.84. The van der Waals surface area contributed by atoms with E-state index in [4.69, 9.17) is 5.84 Å². The Hall–Kier alpha value is -2.80. The minimum atomic E-state index is 0.126. The molecule has 1 saturated heterocycles. The van der Waals surface area contributed by atoms with Crippen molar-refractivity contribution in [3.8, 4) is 11.4 Å². The van der Waals surface area contributed by atoms with Gasteiger partial charge in [-0.1, -0.05) is 54.2 Å². The van der Waals surface area contributed by atoms with Crippen molar-refractivity contribution in [2.45, 2.75) is 23.8 Å². The normalized spacial score (nSPS) is 13.9. The fourth-order valence-corrected chi connectivity index (χ4v) is 3.97. The molecule has 1 fully saturated rings. The van der Waals surface area contributed by atoms with Crippen molar-refractivity contribution in [1.82, 2.24) is 19.8 Å². The van der Waals surface area contributed by atoms with Gasteiger partial charge in [-0.15, -0.1) is 10.2 Å². The number of nitrogens with zero attached hydrogens (tertiary/aromatic N) is 4. The highest BCUT2D eigenvalue weighted by atomic mass is 32.2. The summed E-state index contributed by atoms with van der Waals surface area (Å²) in [4.78, 5) is 14.3. The van der Waals surface area contributed by atoms with Gasteiger partial charge < -0.3 is 10.7 Å². The highest BCUT2D eigenvalue weighted by molar-refractivity contribution is 7.98. The van der Waals surface area contributed by atoms with Gasteiger partial charge in [-0.3, -0.25) is 4.79 Å². The molecule has 6 nitrogen and oxygen atoms in total. The standard InChI is InChI=1S/C20H21N5OS/c21-25-18(16-6-2-1-3-7-16)22-23-20(25)27-14-15-8-10-17(11-9-15)19(26)24-12-4-5-13-24/h1-3,6-11H,4-5,12-14,21H2. The van der Waals surface area contributed by atoms with E-state index in [0.29, 0.717) is 16.7 Å². The van der Waals surface area contributed by atoms with Crippen LogP contribution in [0.15, 0.2) is 59.8 Å². The van der Waals surface area contributed by atoms with E-state index in [1.165, 1.54) is 16.4 Å². The molecule has 2 aromatic carbocycles. The van der Waals surface area contributed by atoms with E-state index in [9.17, 15) is 4.79 Å². The largest absolute Gasteiger partial charge is 0.339 e. The number of carbonyl (C=O) groups is 1. The zero-order chi connectivity index (χ0) is 18.6. The third kappa shape index (κ3) is 3.83. The van der Waals surface area contributed by atoms with Crippen molar-refractivity contribution in [3.05, 3.63) is 65.7 Å². The summed E-state index contributed by atoms with van der Waals surface area (Å²) < 4.78 is 1.52. The minimum Gasteiger partial charge on any atom is -0.339 e. The van der Waals surface area contributed by atoms with Gasteiger partial charge in [-0.05, 0) is 30.5 Å². The molecule has 1 aromatic heterocycles. The Balaban J connectivity index is 1.40. The molecule has 7 heteroatoms. The first-order chi connectivity index (χ1) is 13.2. The number of likely N-dealkylation sites (tertiary alicyclic amines) is 1. The van der Waals surface area contributed by atoms with Gasteiger partial charge in [-0.25, -0.2) is 4.68 Å². The maximum atomic E-state index is 12.4. The molecule has 1 aliphatic rings. The maximum absolute atomic E-state index is 12.4. The predicted molar refractivity (Wildman–Crippen MR) is 107 cm³/mol. The Kier molecular flexibility index (Phi) is 5.11. The van der Waals surface area contributed by atoms with Gasteiger partial charge in [0.05, 0.1) is 0 Å². The van der Waals surface area contributed by atoms with Crippen LogP contribution in [0.4, 0.5) is 0 Å². The lowest BCUT2D eigenvalue weighted by Gasteiger charge is -2.15. The summed E-state index contributed by atoms with van der Waals surface area (Å²) in [6, 6.07) is 17.5. The Labute approximate surface area is 162 Å². The van der Waals surface area contributed by atoms with E-state index in [1.54, 1.807) is 0 Å². The number of hydrogen-bond donors (Lipinski definition) is 1. The Morgan fingerprint density at radius 2 is 1.70 bits per heavy atom. The van der Waals surface area contributed by atoms with E-state index in [-0.39, 0.29) is 5.91 Å². The summed E-state index contributed by atoms with van der Waals surface area (Å²) in [5.74, 6) is 7.63. The zero-order valence-electron chi connectivity index (χ0n) is 14.9. The van der Waals surface area contributed by atoms with Crippen LogP contribution in [0.25, 0.3) is 11.4 Å². The third-order valence-corrected chi connectivity index (χ3v) is 5.67. The Bertz CT molecular complexity index is 917. The molecular formula is C20H21N5OS. The second-order valence-electron chi connectivity index (χ2n) is 6.53. The fourth-order valence-electron chi connectivity index (χ4n) is 3.15. The number of rotatable bonds is 5. The van der Waals surface area contributed by atoms with E-state index in [0.717, 1.165) is 42.6 Å². The molecule has 2 heterocycles. The van der Waals surface area contributed by atoms with Crippen molar-refractivity contribution in [2.75, 3.05) is 18.9 Å². The highest BCUT2D eigenvalue weighted by Gasteiger charge is 2.19. The van der Waals surface area contributed by atoms with Crippen LogP contribution in [0.3, 0.4) is 0 Å². The number of amides is 1. The molecule has 3 aromatic rings. The number of nitrogen functional groups attached to an aromatic ring is 1. The van der Waals surface area contributed by atoms with E-state index in [2.05, 4.69) is 10.2 Å². The van der Waals surface area contributed by atoms with Gasteiger partial charge in [-0.2, -0.15) is 0 Å². The van der Waals surface area contributed by atoms with Crippen molar-refractivity contribution in [2.24, 2.45) is 0 Å². The lowest BCUT2D eigenvalue weighted by molar-refractivity contribution is 0.0793. The van der Waals surface area contributed by atoms with E-state index in [1.807, 2.05) is 59.5 Å². The van der Waals surface area contributed by atoms with E-state index < -0.39 is 0 Å². The quantitative estimate of drug-likeness (QED) is 0.544.